The smallest absolute Gasteiger partial charge is 0.271 e. The summed E-state index contributed by atoms with van der Waals surface area (Å²) in [5.74, 6) is 5.29. The van der Waals surface area contributed by atoms with E-state index in [1.165, 1.54) is 12.4 Å². The summed E-state index contributed by atoms with van der Waals surface area (Å²) in [5, 5.41) is 2.78. The first-order chi connectivity index (χ1) is 8.04. The molecule has 1 aromatic rings. The highest BCUT2D eigenvalue weighted by atomic mass is 16.1. The molecule has 0 aliphatic rings. The number of likely N-dealkylation sites (N-methyl/N-ethyl adjacent to an activating group) is 1. The summed E-state index contributed by atoms with van der Waals surface area (Å²) in [6.07, 6.45) is 2.84. The van der Waals surface area contributed by atoms with Crippen LogP contribution in [0, 0.1) is 0 Å². The zero-order valence-corrected chi connectivity index (χ0v) is 10.3. The molecule has 1 aromatic heterocycles. The quantitative estimate of drug-likeness (QED) is 0.470. The summed E-state index contributed by atoms with van der Waals surface area (Å²) in [5.41, 5.74) is 2.59. The van der Waals surface area contributed by atoms with Gasteiger partial charge < -0.3 is 15.6 Å². The largest absolute Gasteiger partial charge is 0.349 e. The topological polar surface area (TPSA) is 96.2 Å². The number of anilines is 1. The number of hydrogen-bond acceptors (Lipinski definition) is 6. The predicted molar refractivity (Wildman–Crippen MR) is 65.3 cm³/mol. The number of amides is 1. The van der Waals surface area contributed by atoms with E-state index >= 15 is 0 Å². The molecule has 0 spiro atoms. The van der Waals surface area contributed by atoms with Crippen LogP contribution in [0.5, 0.6) is 0 Å². The summed E-state index contributed by atoms with van der Waals surface area (Å²) in [4.78, 5) is 21.6. The van der Waals surface area contributed by atoms with E-state index in [4.69, 9.17) is 5.84 Å². The molecule has 17 heavy (non-hydrogen) atoms. The molecule has 0 aliphatic heterocycles. The van der Waals surface area contributed by atoms with Gasteiger partial charge in [-0.25, -0.2) is 10.8 Å². The Balaban J connectivity index is 2.57. The van der Waals surface area contributed by atoms with Crippen molar-refractivity contribution in [2.24, 2.45) is 5.84 Å². The Morgan fingerprint density at radius 3 is 2.82 bits per heavy atom. The second-order valence-corrected chi connectivity index (χ2v) is 3.96. The van der Waals surface area contributed by atoms with Gasteiger partial charge >= 0.3 is 0 Å². The van der Waals surface area contributed by atoms with Crippen molar-refractivity contribution < 1.29 is 4.79 Å². The lowest BCUT2D eigenvalue weighted by Gasteiger charge is -2.19. The fraction of sp³-hybridized carbons (Fsp3) is 0.500. The van der Waals surface area contributed by atoms with Gasteiger partial charge in [-0.1, -0.05) is 0 Å². The molecule has 0 aromatic carbocycles. The summed E-state index contributed by atoms with van der Waals surface area (Å²) < 4.78 is 0. The Kier molecular flexibility index (Phi) is 4.80. The number of carbonyl (C=O) groups is 1. The van der Waals surface area contributed by atoms with Gasteiger partial charge in [0.05, 0.1) is 12.4 Å². The molecule has 1 unspecified atom stereocenters. The minimum Gasteiger partial charge on any atom is -0.349 e. The van der Waals surface area contributed by atoms with Gasteiger partial charge in [-0.05, 0) is 21.0 Å². The molecular weight excluding hydrogens is 220 g/mol. The van der Waals surface area contributed by atoms with Crippen LogP contribution in [0.2, 0.25) is 0 Å². The van der Waals surface area contributed by atoms with Crippen LogP contribution in [0.1, 0.15) is 17.4 Å². The third-order valence-electron chi connectivity index (χ3n) is 2.45. The van der Waals surface area contributed by atoms with Crippen molar-refractivity contribution in [3.05, 3.63) is 18.1 Å². The zero-order chi connectivity index (χ0) is 12.8. The fourth-order valence-electron chi connectivity index (χ4n) is 1.06. The van der Waals surface area contributed by atoms with Gasteiger partial charge in [0.1, 0.15) is 5.69 Å². The van der Waals surface area contributed by atoms with E-state index in [-0.39, 0.29) is 17.6 Å². The lowest BCUT2D eigenvalue weighted by Crippen LogP contribution is -2.38. The van der Waals surface area contributed by atoms with Crippen LogP contribution in [0.3, 0.4) is 0 Å². The molecule has 0 radical (unpaired) electrons. The van der Waals surface area contributed by atoms with E-state index in [0.717, 1.165) is 0 Å². The molecule has 7 heteroatoms. The van der Waals surface area contributed by atoms with Gasteiger partial charge in [-0.15, -0.1) is 0 Å². The highest BCUT2D eigenvalue weighted by Gasteiger charge is 2.11. The Morgan fingerprint density at radius 2 is 2.24 bits per heavy atom. The lowest BCUT2D eigenvalue weighted by molar-refractivity contribution is 0.0938. The van der Waals surface area contributed by atoms with Crippen molar-refractivity contribution in [1.82, 2.24) is 20.2 Å². The number of hydrazine groups is 1. The average molecular weight is 238 g/mol. The molecule has 0 bridgehead atoms. The highest BCUT2D eigenvalue weighted by molar-refractivity contribution is 5.92. The maximum absolute atomic E-state index is 11.7. The van der Waals surface area contributed by atoms with E-state index in [0.29, 0.717) is 12.4 Å². The number of hydrogen-bond donors (Lipinski definition) is 3. The van der Waals surface area contributed by atoms with Gasteiger partial charge in [-0.3, -0.25) is 9.78 Å². The number of carbonyl (C=O) groups excluding carboxylic acids is 1. The van der Waals surface area contributed by atoms with Crippen LogP contribution in [0.15, 0.2) is 12.4 Å². The number of nitrogens with one attached hydrogen (secondary N) is 2. The van der Waals surface area contributed by atoms with E-state index in [1.807, 2.05) is 25.9 Å². The van der Waals surface area contributed by atoms with Gasteiger partial charge in [-0.2, -0.15) is 0 Å². The second-order valence-electron chi connectivity index (χ2n) is 3.96. The van der Waals surface area contributed by atoms with Crippen molar-refractivity contribution in [2.45, 2.75) is 13.0 Å². The molecule has 0 fully saturated rings. The van der Waals surface area contributed by atoms with Crippen molar-refractivity contribution in [3.8, 4) is 0 Å². The van der Waals surface area contributed by atoms with Crippen LogP contribution in [-0.2, 0) is 0 Å². The second kappa shape index (κ2) is 6.12. The molecule has 0 aliphatic carbocycles. The van der Waals surface area contributed by atoms with E-state index in [9.17, 15) is 4.79 Å². The molecule has 94 valence electrons. The maximum atomic E-state index is 11.7. The van der Waals surface area contributed by atoms with Gasteiger partial charge in [0.2, 0.25) is 0 Å². The van der Waals surface area contributed by atoms with E-state index in [1.54, 1.807) is 0 Å². The number of aromatic nitrogens is 2. The fourth-order valence-corrected chi connectivity index (χ4v) is 1.06. The number of nitrogens with two attached hydrogens (primary N) is 1. The number of rotatable bonds is 5. The third-order valence-corrected chi connectivity index (χ3v) is 2.45. The minimum absolute atomic E-state index is 0.242. The summed E-state index contributed by atoms with van der Waals surface area (Å²) >= 11 is 0. The minimum atomic E-state index is -0.261. The Labute approximate surface area is 100 Å². The van der Waals surface area contributed by atoms with Gasteiger partial charge in [0.15, 0.2) is 5.82 Å². The zero-order valence-electron chi connectivity index (χ0n) is 10.3. The van der Waals surface area contributed by atoms with Crippen LogP contribution in [0.25, 0.3) is 0 Å². The maximum Gasteiger partial charge on any atom is 0.271 e. The molecule has 0 saturated heterocycles. The third kappa shape index (κ3) is 3.97. The normalized spacial score (nSPS) is 12.3. The first-order valence-corrected chi connectivity index (χ1v) is 5.28. The average Bonchev–Trinajstić information content (AvgIpc) is 2.35. The van der Waals surface area contributed by atoms with Crippen molar-refractivity contribution >= 4 is 11.7 Å². The monoisotopic (exact) mass is 238 g/mol. The molecule has 1 rings (SSSR count). The summed E-state index contributed by atoms with van der Waals surface area (Å²) in [6.45, 7) is 2.57. The molecule has 1 amide bonds. The van der Waals surface area contributed by atoms with E-state index < -0.39 is 0 Å². The Hall–Kier alpha value is -1.73. The van der Waals surface area contributed by atoms with Crippen molar-refractivity contribution in [3.63, 3.8) is 0 Å². The molecular formula is C10H18N6O. The highest BCUT2D eigenvalue weighted by Crippen LogP contribution is 2.00. The Bertz CT molecular complexity index is 381. The van der Waals surface area contributed by atoms with Crippen LogP contribution in [0.4, 0.5) is 5.82 Å². The lowest BCUT2D eigenvalue weighted by atomic mass is 10.3. The first kappa shape index (κ1) is 13.3. The van der Waals surface area contributed by atoms with Crippen LogP contribution >= 0.6 is 0 Å². The first-order valence-electron chi connectivity index (χ1n) is 5.28. The van der Waals surface area contributed by atoms with Crippen LogP contribution in [-0.4, -0.2) is 47.5 Å². The number of nitrogens with zero attached hydrogens (tertiary/aromatic N) is 3. The standard InChI is InChI=1S/C10H18N6O/c1-7(16(2)3)4-13-10(17)8-5-12-6-9(14-8)15-11/h5-7H,4,11H2,1-3H3,(H,13,17)(H,14,15). The Morgan fingerprint density at radius 1 is 1.53 bits per heavy atom. The van der Waals surface area contributed by atoms with Gasteiger partial charge in [0.25, 0.3) is 5.91 Å². The molecule has 1 atom stereocenters. The molecule has 1 heterocycles. The predicted octanol–water partition coefficient (Wildman–Crippen LogP) is -0.558. The van der Waals surface area contributed by atoms with Crippen molar-refractivity contribution in [2.75, 3.05) is 26.1 Å². The number of nitrogen functional groups attached to an aromatic ring is 1. The molecule has 4 N–H and O–H groups in total. The summed E-state index contributed by atoms with van der Waals surface area (Å²) in [7, 11) is 3.91. The SMILES string of the molecule is CC(CNC(=O)c1cncc(NN)n1)N(C)C. The van der Waals surface area contributed by atoms with Gasteiger partial charge in [0, 0.05) is 12.6 Å². The summed E-state index contributed by atoms with van der Waals surface area (Å²) in [6, 6.07) is 0.253. The molecule has 0 saturated carbocycles. The molecule has 7 nitrogen and oxygen atoms in total. The van der Waals surface area contributed by atoms with Crippen molar-refractivity contribution in [1.29, 1.82) is 0 Å². The van der Waals surface area contributed by atoms with E-state index in [2.05, 4.69) is 20.7 Å². The van der Waals surface area contributed by atoms with Crippen LogP contribution < -0.4 is 16.6 Å².